The highest BCUT2D eigenvalue weighted by Gasteiger charge is 2.16. The minimum absolute atomic E-state index is 0.153. The largest absolute Gasteiger partial charge is 0.288 e. The van der Waals surface area contributed by atoms with Crippen LogP contribution in [0.1, 0.15) is 17.5 Å². The third-order valence-electron chi connectivity index (χ3n) is 3.48. The summed E-state index contributed by atoms with van der Waals surface area (Å²) in [4.78, 5) is 18.5. The fourth-order valence-corrected chi connectivity index (χ4v) is 3.31. The molecule has 0 spiro atoms. The van der Waals surface area contributed by atoms with Crippen LogP contribution in [-0.2, 0) is 4.79 Å². The van der Waals surface area contributed by atoms with E-state index in [-0.39, 0.29) is 5.91 Å². The van der Waals surface area contributed by atoms with Crippen LogP contribution < -0.4 is 0 Å². The monoisotopic (exact) mass is 341 g/mol. The topological polar surface area (TPSA) is 53.2 Å². The van der Waals surface area contributed by atoms with Crippen LogP contribution in [0, 0.1) is 6.92 Å². The van der Waals surface area contributed by atoms with E-state index in [1.807, 2.05) is 47.9 Å². The molecule has 0 aliphatic rings. The quantitative estimate of drug-likeness (QED) is 0.541. The van der Waals surface area contributed by atoms with Crippen LogP contribution in [-0.4, -0.2) is 45.7 Å². The van der Waals surface area contributed by atoms with Crippen LogP contribution >= 0.6 is 11.3 Å². The van der Waals surface area contributed by atoms with Gasteiger partial charge in [0.25, 0.3) is 5.91 Å². The summed E-state index contributed by atoms with van der Waals surface area (Å²) in [6.45, 7) is 3.53. The first-order valence-corrected chi connectivity index (χ1v) is 8.35. The number of imidazole rings is 1. The first-order valence-electron chi connectivity index (χ1n) is 7.53. The predicted octanol–water partition coefficient (Wildman–Crippen LogP) is 3.03. The van der Waals surface area contributed by atoms with E-state index in [0.29, 0.717) is 0 Å². The molecular formula is C17H19N5OS. The molecular weight excluding hydrogens is 322 g/mol. The van der Waals surface area contributed by atoms with Gasteiger partial charge in [-0.15, -0.1) is 11.3 Å². The molecule has 2 heterocycles. The van der Waals surface area contributed by atoms with Crippen molar-refractivity contribution in [3.8, 4) is 11.3 Å². The molecule has 0 bridgehead atoms. The zero-order valence-corrected chi connectivity index (χ0v) is 14.9. The molecule has 0 aliphatic heterocycles. The molecule has 3 aromatic rings. The normalized spacial score (nSPS) is 11.7. The van der Waals surface area contributed by atoms with Crippen molar-refractivity contribution >= 4 is 28.4 Å². The number of aryl methyl sites for hydroxylation is 1. The van der Waals surface area contributed by atoms with E-state index in [4.69, 9.17) is 4.98 Å². The van der Waals surface area contributed by atoms with Gasteiger partial charge < -0.3 is 0 Å². The minimum atomic E-state index is -0.153. The van der Waals surface area contributed by atoms with Crippen molar-refractivity contribution in [3.63, 3.8) is 0 Å². The molecule has 0 N–H and O–H groups in total. The lowest BCUT2D eigenvalue weighted by Gasteiger charge is -2.21. The van der Waals surface area contributed by atoms with Gasteiger partial charge in [0.15, 0.2) is 4.96 Å². The van der Waals surface area contributed by atoms with Crippen molar-refractivity contribution in [2.24, 2.45) is 5.10 Å². The van der Waals surface area contributed by atoms with Crippen molar-refractivity contribution < 1.29 is 4.79 Å². The van der Waals surface area contributed by atoms with Gasteiger partial charge in [0, 0.05) is 37.7 Å². The lowest BCUT2D eigenvalue weighted by atomic mass is 10.1. The Morgan fingerprint density at radius 3 is 2.62 bits per heavy atom. The van der Waals surface area contributed by atoms with E-state index >= 15 is 0 Å². The molecule has 0 saturated heterocycles. The summed E-state index contributed by atoms with van der Waals surface area (Å²) >= 11 is 1.63. The molecule has 124 valence electrons. The standard InChI is InChI=1S/C17H19N5OS/c1-12-11-21-15(10-18-22(13(2)23)20(3)4)16(19-17(21)24-12)14-8-6-5-7-9-14/h5-11H,1-4H3. The Morgan fingerprint density at radius 1 is 1.29 bits per heavy atom. The van der Waals surface area contributed by atoms with Crippen LogP contribution in [0.4, 0.5) is 0 Å². The molecule has 7 heteroatoms. The second-order valence-electron chi connectivity index (χ2n) is 5.61. The van der Waals surface area contributed by atoms with Crippen molar-refractivity contribution in [1.29, 1.82) is 0 Å². The highest BCUT2D eigenvalue weighted by molar-refractivity contribution is 7.17. The molecule has 0 fully saturated rings. The fourth-order valence-electron chi connectivity index (χ4n) is 2.48. The molecule has 0 atom stereocenters. The van der Waals surface area contributed by atoms with Crippen molar-refractivity contribution in [1.82, 2.24) is 19.5 Å². The number of nitrogens with zero attached hydrogens (tertiary/aromatic N) is 5. The number of hydrogen-bond donors (Lipinski definition) is 0. The van der Waals surface area contributed by atoms with Crippen LogP contribution in [0.2, 0.25) is 0 Å². The van der Waals surface area contributed by atoms with Gasteiger partial charge >= 0.3 is 0 Å². The maximum Gasteiger partial charge on any atom is 0.254 e. The molecule has 2 aromatic heterocycles. The number of carbonyl (C=O) groups excluding carboxylic acids is 1. The predicted molar refractivity (Wildman–Crippen MR) is 97.0 cm³/mol. The summed E-state index contributed by atoms with van der Waals surface area (Å²) in [6, 6.07) is 9.98. The van der Waals surface area contributed by atoms with Crippen LogP contribution in [0.5, 0.6) is 0 Å². The third-order valence-corrected chi connectivity index (χ3v) is 4.37. The van der Waals surface area contributed by atoms with Crippen molar-refractivity contribution in [2.45, 2.75) is 13.8 Å². The Balaban J connectivity index is 2.12. The molecule has 3 rings (SSSR count). The number of thiazole rings is 1. The first-order chi connectivity index (χ1) is 11.5. The van der Waals surface area contributed by atoms with Gasteiger partial charge in [-0.25, -0.2) is 9.99 Å². The molecule has 24 heavy (non-hydrogen) atoms. The van der Waals surface area contributed by atoms with Gasteiger partial charge in [-0.1, -0.05) is 30.3 Å². The summed E-state index contributed by atoms with van der Waals surface area (Å²) < 4.78 is 2.01. The maximum atomic E-state index is 11.7. The Kier molecular flexibility index (Phi) is 4.46. The summed E-state index contributed by atoms with van der Waals surface area (Å²) in [6.07, 6.45) is 3.73. The van der Waals surface area contributed by atoms with E-state index in [1.165, 1.54) is 16.9 Å². The first kappa shape index (κ1) is 16.4. The molecule has 0 unspecified atom stereocenters. The Labute approximate surface area is 144 Å². The van der Waals surface area contributed by atoms with Gasteiger partial charge in [-0.3, -0.25) is 9.20 Å². The van der Waals surface area contributed by atoms with E-state index in [1.54, 1.807) is 36.7 Å². The summed E-state index contributed by atoms with van der Waals surface area (Å²) in [5.74, 6) is -0.153. The van der Waals surface area contributed by atoms with Crippen molar-refractivity contribution in [3.05, 3.63) is 47.1 Å². The van der Waals surface area contributed by atoms with Crippen LogP contribution in [0.3, 0.4) is 0 Å². The van der Waals surface area contributed by atoms with Gasteiger partial charge in [0.2, 0.25) is 0 Å². The number of aromatic nitrogens is 2. The van der Waals surface area contributed by atoms with E-state index < -0.39 is 0 Å². The van der Waals surface area contributed by atoms with E-state index in [0.717, 1.165) is 21.9 Å². The number of hydrazine groups is 1. The summed E-state index contributed by atoms with van der Waals surface area (Å²) in [7, 11) is 3.55. The molecule has 1 amide bonds. The molecule has 6 nitrogen and oxygen atoms in total. The molecule has 0 aliphatic carbocycles. The second-order valence-corrected chi connectivity index (χ2v) is 6.82. The maximum absolute atomic E-state index is 11.7. The average Bonchev–Trinajstić information content (AvgIpc) is 3.04. The number of amides is 1. The van der Waals surface area contributed by atoms with E-state index in [9.17, 15) is 4.79 Å². The van der Waals surface area contributed by atoms with Crippen LogP contribution in [0.15, 0.2) is 41.6 Å². The Hall–Kier alpha value is -2.51. The van der Waals surface area contributed by atoms with Gasteiger partial charge in [0.1, 0.15) is 0 Å². The number of rotatable bonds is 4. The summed E-state index contributed by atoms with van der Waals surface area (Å²) in [5, 5.41) is 7.29. The van der Waals surface area contributed by atoms with Gasteiger partial charge in [-0.2, -0.15) is 10.2 Å². The molecule has 0 saturated carbocycles. The zero-order valence-electron chi connectivity index (χ0n) is 14.1. The number of benzene rings is 1. The highest BCUT2D eigenvalue weighted by Crippen LogP contribution is 2.27. The lowest BCUT2D eigenvalue weighted by molar-refractivity contribution is -0.142. The lowest BCUT2D eigenvalue weighted by Crippen LogP contribution is -2.36. The zero-order chi connectivity index (χ0) is 17.3. The SMILES string of the molecule is CC(=O)N(N=Cc1c(-c2ccccc2)nc2sc(C)cn12)N(C)C. The van der Waals surface area contributed by atoms with Crippen molar-refractivity contribution in [2.75, 3.05) is 14.1 Å². The molecule has 0 radical (unpaired) electrons. The third kappa shape index (κ3) is 3.08. The number of fused-ring (bicyclic) bond motifs is 1. The number of carbonyl (C=O) groups is 1. The minimum Gasteiger partial charge on any atom is -0.288 e. The molecule has 1 aromatic carbocycles. The Morgan fingerprint density at radius 2 is 2.00 bits per heavy atom. The van der Waals surface area contributed by atoms with Gasteiger partial charge in [0.05, 0.1) is 17.6 Å². The van der Waals surface area contributed by atoms with Crippen LogP contribution in [0.25, 0.3) is 16.2 Å². The fraction of sp³-hybridized carbons (Fsp3) is 0.235. The second kappa shape index (κ2) is 6.54. The van der Waals surface area contributed by atoms with Gasteiger partial charge in [-0.05, 0) is 6.92 Å². The van der Waals surface area contributed by atoms with E-state index in [2.05, 4.69) is 5.10 Å². The number of hydrogen-bond acceptors (Lipinski definition) is 5. The summed E-state index contributed by atoms with van der Waals surface area (Å²) in [5.41, 5.74) is 2.73. The number of hydrazone groups is 1. The Bertz CT molecular complexity index is 894. The average molecular weight is 341 g/mol. The smallest absolute Gasteiger partial charge is 0.254 e. The highest BCUT2D eigenvalue weighted by atomic mass is 32.1.